The van der Waals surface area contributed by atoms with Crippen LogP contribution in [0, 0.1) is 0 Å². The predicted molar refractivity (Wildman–Crippen MR) is 83.3 cm³/mol. The lowest BCUT2D eigenvalue weighted by atomic mass is 9.87. The summed E-state index contributed by atoms with van der Waals surface area (Å²) in [5.74, 6) is 0.613. The second kappa shape index (κ2) is 6.00. The predicted octanol–water partition coefficient (Wildman–Crippen LogP) is 4.45. The highest BCUT2D eigenvalue weighted by Crippen LogP contribution is 2.36. The second-order valence-electron chi connectivity index (χ2n) is 4.99. The van der Waals surface area contributed by atoms with E-state index < -0.39 is 0 Å². The maximum atomic E-state index is 10.3. The molecule has 2 rings (SSSR count). The molecule has 0 fully saturated rings. The first-order chi connectivity index (χ1) is 9.62. The smallest absolute Gasteiger partial charge is 0.119 e. The van der Waals surface area contributed by atoms with Gasteiger partial charge in [0.15, 0.2) is 0 Å². The average molecular weight is 270 g/mol. The van der Waals surface area contributed by atoms with E-state index in [4.69, 9.17) is 0 Å². The zero-order valence-corrected chi connectivity index (χ0v) is 12.4. The van der Waals surface area contributed by atoms with Crippen LogP contribution in [-0.2, 0) is 19.3 Å². The normalized spacial score (nSPS) is 10.8. The minimum atomic E-state index is 0.252. The molecule has 0 aliphatic rings. The van der Waals surface area contributed by atoms with Crippen LogP contribution in [0.15, 0.2) is 30.3 Å². The fraction of sp³-hybridized carbons (Fsp3) is 0.333. The van der Waals surface area contributed by atoms with Crippen molar-refractivity contribution >= 4 is 0 Å². The van der Waals surface area contributed by atoms with Crippen molar-refractivity contribution < 1.29 is 10.2 Å². The second-order valence-corrected chi connectivity index (χ2v) is 4.99. The lowest BCUT2D eigenvalue weighted by Crippen LogP contribution is -2.01. The van der Waals surface area contributed by atoms with E-state index in [1.807, 2.05) is 18.2 Å². The summed E-state index contributed by atoms with van der Waals surface area (Å²) >= 11 is 0. The quantitative estimate of drug-likeness (QED) is 0.861. The lowest BCUT2D eigenvalue weighted by molar-refractivity contribution is 0.467. The molecule has 0 aliphatic heterocycles. The van der Waals surface area contributed by atoms with Gasteiger partial charge >= 0.3 is 0 Å². The standard InChI is InChI=1S/C18H22O2/c1-4-14-15(5-2)17(11-18(20)16(14)6-3)12-8-7-9-13(19)10-12/h7-11,19-20H,4-6H2,1-3H3. The van der Waals surface area contributed by atoms with E-state index >= 15 is 0 Å². The highest BCUT2D eigenvalue weighted by Gasteiger charge is 2.15. The fourth-order valence-corrected chi connectivity index (χ4v) is 2.97. The largest absolute Gasteiger partial charge is 0.508 e. The van der Waals surface area contributed by atoms with E-state index in [1.54, 1.807) is 12.1 Å². The van der Waals surface area contributed by atoms with Gasteiger partial charge < -0.3 is 10.2 Å². The lowest BCUT2D eigenvalue weighted by Gasteiger charge is -2.18. The maximum Gasteiger partial charge on any atom is 0.119 e. The molecule has 0 spiro atoms. The first kappa shape index (κ1) is 14.4. The molecule has 0 unspecified atom stereocenters. The van der Waals surface area contributed by atoms with Crippen LogP contribution < -0.4 is 0 Å². The maximum absolute atomic E-state index is 10.3. The Balaban J connectivity index is 2.73. The molecule has 0 aromatic heterocycles. The molecule has 0 aliphatic carbocycles. The van der Waals surface area contributed by atoms with Crippen LogP contribution in [-0.4, -0.2) is 10.2 Å². The fourth-order valence-electron chi connectivity index (χ4n) is 2.97. The molecule has 2 aromatic carbocycles. The minimum Gasteiger partial charge on any atom is -0.508 e. The van der Waals surface area contributed by atoms with Gasteiger partial charge in [0.05, 0.1) is 0 Å². The SMILES string of the molecule is CCc1c(O)cc(-c2cccc(O)c2)c(CC)c1CC. The third-order valence-electron chi connectivity index (χ3n) is 3.86. The van der Waals surface area contributed by atoms with Crippen molar-refractivity contribution in [3.05, 3.63) is 47.0 Å². The van der Waals surface area contributed by atoms with Crippen molar-refractivity contribution in [2.45, 2.75) is 40.0 Å². The van der Waals surface area contributed by atoms with Gasteiger partial charge in [-0.3, -0.25) is 0 Å². The van der Waals surface area contributed by atoms with E-state index in [0.717, 1.165) is 36.0 Å². The van der Waals surface area contributed by atoms with E-state index in [0.29, 0.717) is 5.75 Å². The van der Waals surface area contributed by atoms with Gasteiger partial charge in [0.25, 0.3) is 0 Å². The van der Waals surface area contributed by atoms with E-state index in [-0.39, 0.29) is 5.75 Å². The Morgan fingerprint density at radius 2 is 1.45 bits per heavy atom. The van der Waals surface area contributed by atoms with Crippen LogP contribution in [0.4, 0.5) is 0 Å². The van der Waals surface area contributed by atoms with Crippen LogP contribution in [0.2, 0.25) is 0 Å². The average Bonchev–Trinajstić information content (AvgIpc) is 2.45. The van der Waals surface area contributed by atoms with Gasteiger partial charge in [-0.15, -0.1) is 0 Å². The Morgan fingerprint density at radius 1 is 0.800 bits per heavy atom. The zero-order valence-electron chi connectivity index (χ0n) is 12.4. The first-order valence-corrected chi connectivity index (χ1v) is 7.28. The summed E-state index contributed by atoms with van der Waals surface area (Å²) in [6, 6.07) is 9.06. The Labute approximate surface area is 120 Å². The Kier molecular flexibility index (Phi) is 4.33. The molecule has 2 aromatic rings. The monoisotopic (exact) mass is 270 g/mol. The van der Waals surface area contributed by atoms with Crippen molar-refractivity contribution in [3.63, 3.8) is 0 Å². The summed E-state index contributed by atoms with van der Waals surface area (Å²) in [6.07, 6.45) is 2.66. The summed E-state index contributed by atoms with van der Waals surface area (Å²) in [4.78, 5) is 0. The number of aromatic hydroxyl groups is 2. The number of hydrogen-bond acceptors (Lipinski definition) is 2. The zero-order chi connectivity index (χ0) is 14.7. The van der Waals surface area contributed by atoms with Crippen LogP contribution in [0.5, 0.6) is 11.5 Å². The van der Waals surface area contributed by atoms with E-state index in [1.165, 1.54) is 11.1 Å². The highest BCUT2D eigenvalue weighted by molar-refractivity contribution is 5.73. The topological polar surface area (TPSA) is 40.5 Å². The van der Waals surface area contributed by atoms with Crippen LogP contribution >= 0.6 is 0 Å². The molecule has 0 radical (unpaired) electrons. The minimum absolute atomic E-state index is 0.252. The van der Waals surface area contributed by atoms with Crippen molar-refractivity contribution in [2.75, 3.05) is 0 Å². The molecule has 0 amide bonds. The van der Waals surface area contributed by atoms with Gasteiger partial charge in [-0.1, -0.05) is 32.9 Å². The molecule has 2 N–H and O–H groups in total. The number of phenolic OH excluding ortho intramolecular Hbond substituents is 2. The van der Waals surface area contributed by atoms with Crippen molar-refractivity contribution in [2.24, 2.45) is 0 Å². The molecule has 0 saturated heterocycles. The molecule has 2 nitrogen and oxygen atoms in total. The highest BCUT2D eigenvalue weighted by atomic mass is 16.3. The van der Waals surface area contributed by atoms with Gasteiger partial charge in [-0.25, -0.2) is 0 Å². The van der Waals surface area contributed by atoms with Gasteiger partial charge in [-0.05, 0) is 65.3 Å². The third kappa shape index (κ3) is 2.51. The summed E-state index contributed by atoms with van der Waals surface area (Å²) in [5, 5.41) is 20.0. The van der Waals surface area contributed by atoms with Gasteiger partial charge in [-0.2, -0.15) is 0 Å². The number of hydrogen-bond donors (Lipinski definition) is 2. The van der Waals surface area contributed by atoms with Crippen LogP contribution in [0.3, 0.4) is 0 Å². The van der Waals surface area contributed by atoms with E-state index in [2.05, 4.69) is 20.8 Å². The first-order valence-electron chi connectivity index (χ1n) is 7.28. The van der Waals surface area contributed by atoms with Crippen molar-refractivity contribution in [1.82, 2.24) is 0 Å². The molecule has 2 heteroatoms. The third-order valence-corrected chi connectivity index (χ3v) is 3.86. The van der Waals surface area contributed by atoms with Gasteiger partial charge in [0, 0.05) is 0 Å². The Bertz CT molecular complexity index is 615. The number of benzene rings is 2. The Hall–Kier alpha value is -1.96. The Morgan fingerprint density at radius 3 is 2.00 bits per heavy atom. The number of phenols is 2. The van der Waals surface area contributed by atoms with Crippen molar-refractivity contribution in [3.8, 4) is 22.6 Å². The molecular formula is C18H22O2. The summed E-state index contributed by atoms with van der Waals surface area (Å²) in [7, 11) is 0. The molecule has 0 atom stereocenters. The summed E-state index contributed by atoms with van der Waals surface area (Å²) in [6.45, 7) is 6.33. The molecule has 0 heterocycles. The molecule has 0 saturated carbocycles. The summed E-state index contributed by atoms with van der Waals surface area (Å²) < 4.78 is 0. The van der Waals surface area contributed by atoms with Crippen molar-refractivity contribution in [1.29, 1.82) is 0 Å². The molecule has 106 valence electrons. The van der Waals surface area contributed by atoms with Crippen LogP contribution in [0.1, 0.15) is 37.5 Å². The van der Waals surface area contributed by atoms with Gasteiger partial charge in [0.1, 0.15) is 11.5 Å². The number of rotatable bonds is 4. The molecular weight excluding hydrogens is 248 g/mol. The van der Waals surface area contributed by atoms with Gasteiger partial charge in [0.2, 0.25) is 0 Å². The molecule has 20 heavy (non-hydrogen) atoms. The van der Waals surface area contributed by atoms with E-state index in [9.17, 15) is 10.2 Å². The van der Waals surface area contributed by atoms with Crippen LogP contribution in [0.25, 0.3) is 11.1 Å². The molecule has 0 bridgehead atoms. The summed E-state index contributed by atoms with van der Waals surface area (Å²) in [5.41, 5.74) is 5.54.